The molecule has 4 rings (SSSR count). The van der Waals surface area contributed by atoms with Gasteiger partial charge in [0.15, 0.2) is 0 Å². The summed E-state index contributed by atoms with van der Waals surface area (Å²) in [6.07, 6.45) is -5.71. The molecule has 0 aliphatic rings. The first-order valence-corrected chi connectivity index (χ1v) is 11.7. The third-order valence-electron chi connectivity index (χ3n) is 5.75. The summed E-state index contributed by atoms with van der Waals surface area (Å²) in [5.74, 6) is 0.253. The van der Waals surface area contributed by atoms with E-state index in [1.807, 2.05) is 12.1 Å². The van der Waals surface area contributed by atoms with Crippen LogP contribution < -0.4 is 14.8 Å². The van der Waals surface area contributed by atoms with E-state index < -0.39 is 29.2 Å². The van der Waals surface area contributed by atoms with Crippen LogP contribution in [0.5, 0.6) is 11.5 Å². The Morgan fingerprint density at radius 1 is 0.921 bits per heavy atom. The van der Waals surface area contributed by atoms with Crippen LogP contribution in [-0.4, -0.2) is 18.1 Å². The summed E-state index contributed by atoms with van der Waals surface area (Å²) in [5.41, 5.74) is -0.744. The molecule has 0 amide bonds. The molecule has 5 nitrogen and oxygen atoms in total. The van der Waals surface area contributed by atoms with E-state index in [0.717, 1.165) is 12.0 Å². The normalized spacial score (nSPS) is 12.2. The van der Waals surface area contributed by atoms with Crippen molar-refractivity contribution >= 4 is 11.0 Å². The maximum atomic E-state index is 13.1. The highest BCUT2D eigenvalue weighted by Crippen LogP contribution is 2.39. The zero-order chi connectivity index (χ0) is 27.3. The Labute approximate surface area is 214 Å². The zero-order valence-corrected chi connectivity index (χ0v) is 20.2. The fourth-order valence-electron chi connectivity index (χ4n) is 3.85. The van der Waals surface area contributed by atoms with Crippen molar-refractivity contribution < 1.29 is 40.2 Å². The van der Waals surface area contributed by atoms with E-state index in [1.165, 1.54) is 0 Å². The summed E-state index contributed by atoms with van der Waals surface area (Å²) in [6, 6.07) is 10.1. The van der Waals surface area contributed by atoms with Crippen molar-refractivity contribution in [2.24, 2.45) is 0 Å². The molecule has 0 unspecified atom stereocenters. The highest BCUT2D eigenvalue weighted by atomic mass is 19.4. The van der Waals surface area contributed by atoms with Crippen LogP contribution >= 0.6 is 0 Å². The molecule has 0 aliphatic carbocycles. The zero-order valence-electron chi connectivity index (χ0n) is 20.2. The molecule has 0 fully saturated rings. The smallest absolute Gasteiger partial charge is 0.416 e. The van der Waals surface area contributed by atoms with Crippen LogP contribution in [0.3, 0.4) is 0 Å². The molecule has 0 aliphatic heterocycles. The van der Waals surface area contributed by atoms with Crippen molar-refractivity contribution in [1.29, 1.82) is 0 Å². The van der Waals surface area contributed by atoms with Crippen molar-refractivity contribution in [3.63, 3.8) is 0 Å². The van der Waals surface area contributed by atoms with E-state index in [9.17, 15) is 26.3 Å². The maximum absolute atomic E-state index is 13.1. The predicted molar refractivity (Wildman–Crippen MR) is 128 cm³/mol. The van der Waals surface area contributed by atoms with E-state index in [2.05, 4.69) is 10.3 Å². The van der Waals surface area contributed by atoms with Crippen LogP contribution in [0.15, 0.2) is 65.3 Å². The van der Waals surface area contributed by atoms with Crippen molar-refractivity contribution in [3.8, 4) is 11.5 Å². The average molecular weight is 538 g/mol. The molecule has 0 radical (unpaired) electrons. The van der Waals surface area contributed by atoms with Gasteiger partial charge in [-0.25, -0.2) is 0 Å². The van der Waals surface area contributed by atoms with Gasteiger partial charge in [0.05, 0.1) is 23.1 Å². The van der Waals surface area contributed by atoms with Gasteiger partial charge in [0.25, 0.3) is 0 Å². The SMILES string of the molecule is Cc1c(COc2cc(C(F)(F)F)cc(C(F)(F)F)c2)oc2cccc(OCCCNCc3cccnc3)c12. The molecule has 2 heterocycles. The molecule has 11 heteroatoms. The minimum atomic E-state index is -4.96. The lowest BCUT2D eigenvalue weighted by molar-refractivity contribution is -0.143. The monoisotopic (exact) mass is 538 g/mol. The summed E-state index contributed by atoms with van der Waals surface area (Å²) in [6.45, 7) is 3.17. The first kappa shape index (κ1) is 27.3. The standard InChI is InChI=1S/C27H24F6N2O3/c1-17-24(16-37-21-12-19(26(28,29)30)11-20(13-21)27(31,32)33)38-23-7-2-6-22(25(17)23)36-10-4-9-35-15-18-5-3-8-34-14-18/h2-3,5-8,11-14,35H,4,9-10,15-16H2,1H3. The Hall–Kier alpha value is -3.73. The quantitative estimate of drug-likeness (QED) is 0.170. The highest BCUT2D eigenvalue weighted by molar-refractivity contribution is 5.88. The van der Waals surface area contributed by atoms with Gasteiger partial charge in [0.1, 0.15) is 29.4 Å². The van der Waals surface area contributed by atoms with Gasteiger partial charge in [0, 0.05) is 24.5 Å². The number of hydrogen-bond acceptors (Lipinski definition) is 5. The minimum Gasteiger partial charge on any atom is -0.493 e. The topological polar surface area (TPSA) is 56.5 Å². The molecule has 0 saturated heterocycles. The summed E-state index contributed by atoms with van der Waals surface area (Å²) >= 11 is 0. The molecule has 38 heavy (non-hydrogen) atoms. The molecule has 202 valence electrons. The van der Waals surface area contributed by atoms with Crippen molar-refractivity contribution in [1.82, 2.24) is 10.3 Å². The molecular weight excluding hydrogens is 514 g/mol. The van der Waals surface area contributed by atoms with Crippen molar-refractivity contribution in [2.75, 3.05) is 13.2 Å². The van der Waals surface area contributed by atoms with E-state index in [1.54, 1.807) is 37.5 Å². The van der Waals surface area contributed by atoms with E-state index in [0.29, 0.717) is 54.1 Å². The number of ether oxygens (including phenoxy) is 2. The molecular formula is C27H24F6N2O3. The maximum Gasteiger partial charge on any atom is 0.416 e. The second kappa shape index (κ2) is 11.3. The number of alkyl halides is 6. The number of aryl methyl sites for hydroxylation is 1. The fraction of sp³-hybridized carbons (Fsp3) is 0.296. The number of furan rings is 1. The first-order chi connectivity index (χ1) is 18.0. The average Bonchev–Trinajstić information content (AvgIpc) is 3.20. The number of nitrogens with zero attached hydrogens (tertiary/aromatic N) is 1. The molecule has 0 atom stereocenters. The Morgan fingerprint density at radius 3 is 2.32 bits per heavy atom. The van der Waals surface area contributed by atoms with Crippen LogP contribution in [0.2, 0.25) is 0 Å². The Balaban J connectivity index is 1.41. The molecule has 0 saturated carbocycles. The summed E-state index contributed by atoms with van der Waals surface area (Å²) in [4.78, 5) is 4.06. The molecule has 0 bridgehead atoms. The lowest BCUT2D eigenvalue weighted by Crippen LogP contribution is -2.17. The molecule has 1 N–H and O–H groups in total. The van der Waals surface area contributed by atoms with Crippen LogP contribution in [0.4, 0.5) is 26.3 Å². The lowest BCUT2D eigenvalue weighted by atomic mass is 10.1. The van der Waals surface area contributed by atoms with Gasteiger partial charge in [-0.05, 0) is 61.9 Å². The largest absolute Gasteiger partial charge is 0.493 e. The molecule has 2 aromatic carbocycles. The van der Waals surface area contributed by atoms with E-state index >= 15 is 0 Å². The highest BCUT2D eigenvalue weighted by Gasteiger charge is 2.37. The van der Waals surface area contributed by atoms with Gasteiger partial charge in [-0.15, -0.1) is 0 Å². The first-order valence-electron chi connectivity index (χ1n) is 11.7. The van der Waals surface area contributed by atoms with Crippen molar-refractivity contribution in [3.05, 3.63) is 88.9 Å². The Morgan fingerprint density at radius 2 is 1.66 bits per heavy atom. The molecule has 0 spiro atoms. The van der Waals surface area contributed by atoms with E-state index in [-0.39, 0.29) is 18.4 Å². The third-order valence-corrected chi connectivity index (χ3v) is 5.75. The van der Waals surface area contributed by atoms with Gasteiger partial charge in [-0.3, -0.25) is 4.98 Å². The van der Waals surface area contributed by atoms with Gasteiger partial charge in [-0.1, -0.05) is 12.1 Å². The number of aromatic nitrogens is 1. The number of rotatable bonds is 10. The van der Waals surface area contributed by atoms with E-state index in [4.69, 9.17) is 13.9 Å². The second-order valence-electron chi connectivity index (χ2n) is 8.55. The number of hydrogen-bond donors (Lipinski definition) is 1. The molecule has 4 aromatic rings. The number of pyridine rings is 1. The van der Waals surface area contributed by atoms with Crippen LogP contribution in [0, 0.1) is 6.92 Å². The summed E-state index contributed by atoms with van der Waals surface area (Å²) in [5, 5.41) is 3.96. The van der Waals surface area contributed by atoms with Crippen LogP contribution in [0.1, 0.15) is 34.4 Å². The van der Waals surface area contributed by atoms with Crippen LogP contribution in [-0.2, 0) is 25.5 Å². The van der Waals surface area contributed by atoms with Gasteiger partial charge in [-0.2, -0.15) is 26.3 Å². The summed E-state index contributed by atoms with van der Waals surface area (Å²) in [7, 11) is 0. The van der Waals surface area contributed by atoms with Crippen LogP contribution in [0.25, 0.3) is 11.0 Å². The van der Waals surface area contributed by atoms with Gasteiger partial charge in [0.2, 0.25) is 0 Å². The predicted octanol–water partition coefficient (Wildman–Crippen LogP) is 7.31. The third kappa shape index (κ3) is 6.77. The van der Waals surface area contributed by atoms with Crippen molar-refractivity contribution in [2.45, 2.75) is 38.8 Å². The summed E-state index contributed by atoms with van der Waals surface area (Å²) < 4.78 is 95.8. The second-order valence-corrected chi connectivity index (χ2v) is 8.55. The minimum absolute atomic E-state index is 0.0529. The Bertz CT molecular complexity index is 1330. The lowest BCUT2D eigenvalue weighted by Gasteiger charge is -2.14. The number of nitrogens with one attached hydrogen (secondary N) is 1. The number of halogens is 6. The number of fused-ring (bicyclic) bond motifs is 1. The molecule has 2 aromatic heterocycles. The van der Waals surface area contributed by atoms with Gasteiger partial charge >= 0.3 is 12.4 Å². The van der Waals surface area contributed by atoms with Gasteiger partial charge < -0.3 is 19.2 Å². The Kier molecular flexibility index (Phi) is 8.15. The fourth-order valence-corrected chi connectivity index (χ4v) is 3.85. The number of benzene rings is 2.